The first-order chi connectivity index (χ1) is 14.1. The van der Waals surface area contributed by atoms with Gasteiger partial charge in [0.1, 0.15) is 12.3 Å². The minimum Gasteiger partial charge on any atom is -0.482 e. The topological polar surface area (TPSA) is 61.9 Å². The second kappa shape index (κ2) is 10.1. The summed E-state index contributed by atoms with van der Waals surface area (Å²) >= 11 is 0. The van der Waals surface area contributed by atoms with Crippen LogP contribution in [-0.4, -0.2) is 55.5 Å². The fraction of sp³-hybridized carbons (Fsp3) is 0.391. The van der Waals surface area contributed by atoms with Crippen LogP contribution < -0.4 is 15.0 Å². The number of hydrogen-bond acceptors (Lipinski definition) is 4. The van der Waals surface area contributed by atoms with Gasteiger partial charge in [-0.3, -0.25) is 19.4 Å². The molecule has 29 heavy (non-hydrogen) atoms. The van der Waals surface area contributed by atoms with Crippen LogP contribution in [0, 0.1) is 0 Å². The molecule has 1 heterocycles. The molecule has 1 atom stereocenters. The van der Waals surface area contributed by atoms with Crippen molar-refractivity contribution in [3.63, 3.8) is 0 Å². The molecular formula is C23H29N3O3. The number of anilines is 1. The Morgan fingerprint density at radius 1 is 1.10 bits per heavy atom. The lowest BCUT2D eigenvalue weighted by atomic mass is 10.0. The Labute approximate surface area is 172 Å². The molecule has 154 valence electrons. The number of benzene rings is 2. The van der Waals surface area contributed by atoms with E-state index in [1.165, 1.54) is 10.5 Å². The number of para-hydroxylation sites is 2. The summed E-state index contributed by atoms with van der Waals surface area (Å²) in [6.07, 6.45) is 0.863. The van der Waals surface area contributed by atoms with Crippen LogP contribution in [0.3, 0.4) is 0 Å². The van der Waals surface area contributed by atoms with E-state index in [0.29, 0.717) is 18.0 Å². The van der Waals surface area contributed by atoms with E-state index >= 15 is 0 Å². The standard InChI is InChI=1S/C23H29N3O3/c1-3-25(4-2)19(14-18-10-6-5-7-11-18)15-24-22(27)16-26-20-12-8-9-13-21(20)29-17-23(26)28/h5-13,19H,3-4,14-17H2,1-2H3,(H,24,27). The van der Waals surface area contributed by atoms with Crippen LogP contribution in [0.4, 0.5) is 5.69 Å². The maximum atomic E-state index is 12.7. The molecule has 0 aromatic heterocycles. The zero-order valence-corrected chi connectivity index (χ0v) is 17.1. The van der Waals surface area contributed by atoms with Crippen molar-refractivity contribution in [1.29, 1.82) is 0 Å². The lowest BCUT2D eigenvalue weighted by molar-refractivity contribution is -0.125. The van der Waals surface area contributed by atoms with Gasteiger partial charge in [0.25, 0.3) is 5.91 Å². The Bertz CT molecular complexity index is 821. The molecule has 0 aliphatic carbocycles. The summed E-state index contributed by atoms with van der Waals surface area (Å²) in [6.45, 7) is 6.59. The van der Waals surface area contributed by atoms with Crippen molar-refractivity contribution in [3.05, 3.63) is 60.2 Å². The van der Waals surface area contributed by atoms with Crippen molar-refractivity contribution in [1.82, 2.24) is 10.2 Å². The fourth-order valence-electron chi connectivity index (χ4n) is 3.72. The summed E-state index contributed by atoms with van der Waals surface area (Å²) in [6, 6.07) is 17.8. The van der Waals surface area contributed by atoms with Crippen LogP contribution in [0.5, 0.6) is 5.75 Å². The van der Waals surface area contributed by atoms with Gasteiger partial charge in [0.05, 0.1) is 5.69 Å². The molecule has 1 aliphatic heterocycles. The molecule has 6 nitrogen and oxygen atoms in total. The number of carbonyl (C=O) groups is 2. The van der Waals surface area contributed by atoms with Crippen LogP contribution in [0.15, 0.2) is 54.6 Å². The Hall–Kier alpha value is -2.86. The molecule has 0 saturated carbocycles. The predicted molar refractivity (Wildman–Crippen MR) is 114 cm³/mol. The normalized spacial score (nSPS) is 14.3. The smallest absolute Gasteiger partial charge is 0.265 e. The SMILES string of the molecule is CCN(CC)C(CNC(=O)CN1C(=O)COc2ccccc21)Cc1ccccc1. The molecule has 2 aromatic rings. The van der Waals surface area contributed by atoms with E-state index in [-0.39, 0.29) is 31.0 Å². The first-order valence-corrected chi connectivity index (χ1v) is 10.2. The van der Waals surface area contributed by atoms with Crippen LogP contribution >= 0.6 is 0 Å². The van der Waals surface area contributed by atoms with Gasteiger partial charge >= 0.3 is 0 Å². The highest BCUT2D eigenvalue weighted by Gasteiger charge is 2.27. The van der Waals surface area contributed by atoms with Crippen LogP contribution in [0.25, 0.3) is 0 Å². The van der Waals surface area contributed by atoms with Crippen LogP contribution in [0.2, 0.25) is 0 Å². The number of amides is 2. The summed E-state index contributed by atoms with van der Waals surface area (Å²) in [5, 5.41) is 3.04. The van der Waals surface area contributed by atoms with Crippen molar-refractivity contribution in [3.8, 4) is 5.75 Å². The highest BCUT2D eigenvalue weighted by atomic mass is 16.5. The summed E-state index contributed by atoms with van der Waals surface area (Å²) in [4.78, 5) is 28.8. The quantitative estimate of drug-likeness (QED) is 0.709. The highest BCUT2D eigenvalue weighted by molar-refractivity contribution is 6.02. The van der Waals surface area contributed by atoms with Gasteiger partial charge in [-0.2, -0.15) is 0 Å². The average molecular weight is 396 g/mol. The number of carbonyl (C=O) groups excluding carboxylic acids is 2. The summed E-state index contributed by atoms with van der Waals surface area (Å²) < 4.78 is 5.44. The molecule has 1 unspecified atom stereocenters. The molecule has 1 N–H and O–H groups in total. The average Bonchev–Trinajstić information content (AvgIpc) is 2.75. The first kappa shape index (κ1) is 20.9. The van der Waals surface area contributed by atoms with Crippen molar-refractivity contribution in [2.75, 3.05) is 37.7 Å². The van der Waals surface area contributed by atoms with Gasteiger partial charge < -0.3 is 10.1 Å². The van der Waals surface area contributed by atoms with E-state index in [1.54, 1.807) is 6.07 Å². The molecule has 0 bridgehead atoms. The molecule has 0 fully saturated rings. The van der Waals surface area contributed by atoms with Gasteiger partial charge in [-0.1, -0.05) is 56.3 Å². The van der Waals surface area contributed by atoms with Gasteiger partial charge in [0.15, 0.2) is 6.61 Å². The van der Waals surface area contributed by atoms with Crippen molar-refractivity contribution >= 4 is 17.5 Å². The monoisotopic (exact) mass is 395 g/mol. The Kier molecular flexibility index (Phi) is 7.25. The third-order valence-electron chi connectivity index (χ3n) is 5.29. The van der Waals surface area contributed by atoms with E-state index in [4.69, 9.17) is 4.74 Å². The maximum Gasteiger partial charge on any atom is 0.265 e. The minimum atomic E-state index is -0.205. The lowest BCUT2D eigenvalue weighted by Gasteiger charge is -2.31. The number of ether oxygens (including phenoxy) is 1. The molecule has 3 rings (SSSR count). The number of rotatable bonds is 9. The van der Waals surface area contributed by atoms with Crippen LogP contribution in [-0.2, 0) is 16.0 Å². The maximum absolute atomic E-state index is 12.7. The molecule has 0 saturated heterocycles. The second-order valence-corrected chi connectivity index (χ2v) is 7.11. The van der Waals surface area contributed by atoms with E-state index in [1.807, 2.05) is 36.4 Å². The molecule has 0 radical (unpaired) electrons. The number of hydrogen-bond donors (Lipinski definition) is 1. The number of nitrogens with zero attached hydrogens (tertiary/aromatic N) is 2. The van der Waals surface area contributed by atoms with Gasteiger partial charge in [0, 0.05) is 12.6 Å². The fourth-order valence-corrected chi connectivity index (χ4v) is 3.72. The van der Waals surface area contributed by atoms with E-state index in [0.717, 1.165) is 19.5 Å². The van der Waals surface area contributed by atoms with Gasteiger partial charge in [-0.05, 0) is 37.2 Å². The molecule has 2 aromatic carbocycles. The lowest BCUT2D eigenvalue weighted by Crippen LogP contribution is -2.49. The number of fused-ring (bicyclic) bond motifs is 1. The summed E-state index contributed by atoms with van der Waals surface area (Å²) in [7, 11) is 0. The van der Waals surface area contributed by atoms with Crippen molar-refractivity contribution in [2.45, 2.75) is 26.3 Å². The minimum absolute atomic E-state index is 0.00445. The van der Waals surface area contributed by atoms with Gasteiger partial charge in [-0.15, -0.1) is 0 Å². The van der Waals surface area contributed by atoms with E-state index < -0.39 is 0 Å². The number of likely N-dealkylation sites (N-methyl/N-ethyl adjacent to an activating group) is 1. The largest absolute Gasteiger partial charge is 0.482 e. The van der Waals surface area contributed by atoms with Gasteiger partial charge in [-0.25, -0.2) is 0 Å². The molecular weight excluding hydrogens is 366 g/mol. The summed E-state index contributed by atoms with van der Waals surface area (Å²) in [5.41, 5.74) is 1.89. The highest BCUT2D eigenvalue weighted by Crippen LogP contribution is 2.31. The molecule has 0 spiro atoms. The molecule has 2 amide bonds. The van der Waals surface area contributed by atoms with Crippen molar-refractivity contribution < 1.29 is 14.3 Å². The third kappa shape index (κ3) is 5.35. The van der Waals surface area contributed by atoms with Gasteiger partial charge in [0.2, 0.25) is 5.91 Å². The Morgan fingerprint density at radius 2 is 1.79 bits per heavy atom. The zero-order valence-electron chi connectivity index (χ0n) is 17.1. The van der Waals surface area contributed by atoms with E-state index in [9.17, 15) is 9.59 Å². The number of nitrogens with one attached hydrogen (secondary N) is 1. The van der Waals surface area contributed by atoms with Crippen LogP contribution in [0.1, 0.15) is 19.4 Å². The summed E-state index contributed by atoms with van der Waals surface area (Å²) in [5.74, 6) is 0.258. The van der Waals surface area contributed by atoms with Crippen molar-refractivity contribution in [2.24, 2.45) is 0 Å². The Morgan fingerprint density at radius 3 is 2.52 bits per heavy atom. The third-order valence-corrected chi connectivity index (χ3v) is 5.29. The molecule has 6 heteroatoms. The van der Waals surface area contributed by atoms with E-state index in [2.05, 4.69) is 36.2 Å². The zero-order chi connectivity index (χ0) is 20.6. The first-order valence-electron chi connectivity index (χ1n) is 10.2. The predicted octanol–water partition coefficient (Wildman–Crippen LogP) is 2.48. The molecule has 1 aliphatic rings. The second-order valence-electron chi connectivity index (χ2n) is 7.11. The Balaban J connectivity index is 1.63.